The maximum absolute atomic E-state index is 11.8. The van der Waals surface area contributed by atoms with E-state index in [1.807, 2.05) is 0 Å². The van der Waals surface area contributed by atoms with Gasteiger partial charge < -0.3 is 0 Å². The van der Waals surface area contributed by atoms with Crippen molar-refractivity contribution in [2.75, 3.05) is 0 Å². The van der Waals surface area contributed by atoms with Crippen LogP contribution in [0.15, 0.2) is 24.4 Å². The second-order valence-corrected chi connectivity index (χ2v) is 1.42. The van der Waals surface area contributed by atoms with Gasteiger partial charge in [-0.15, -0.1) is 0 Å². The predicted molar refractivity (Wildman–Crippen MR) is 36.8 cm³/mol. The molecule has 0 bridgehead atoms. The minimum Gasteiger partial charge on any atom is -0.285 e. The van der Waals surface area contributed by atoms with Gasteiger partial charge in [-0.1, -0.05) is 6.07 Å². The zero-order valence-corrected chi connectivity index (χ0v) is 5.75. The molecule has 0 saturated carbocycles. The van der Waals surface area contributed by atoms with Gasteiger partial charge in [-0.25, -0.2) is 4.98 Å². The Morgan fingerprint density at radius 1 is 1.60 bits per heavy atom. The van der Waals surface area contributed by atoms with Crippen molar-refractivity contribution in [2.24, 2.45) is 0 Å². The summed E-state index contributed by atoms with van der Waals surface area (Å²) in [5.74, 6) is -0.206. The van der Waals surface area contributed by atoms with Gasteiger partial charge in [-0.3, -0.25) is 4.79 Å². The molecule has 0 spiro atoms. The van der Waals surface area contributed by atoms with E-state index < -0.39 is 5.95 Å². The van der Waals surface area contributed by atoms with E-state index in [4.69, 9.17) is 4.79 Å². The smallest absolute Gasteiger partial charge is 0.212 e. The first kappa shape index (κ1) is 9.04. The van der Waals surface area contributed by atoms with Gasteiger partial charge in [0.15, 0.2) is 0 Å². The Bertz CT molecular complexity index is 180. The number of rotatable bonds is 0. The largest absolute Gasteiger partial charge is 0.285 e. The van der Waals surface area contributed by atoms with E-state index in [-0.39, 0.29) is 5.75 Å². The molecule has 0 aliphatic carbocycles. The fourth-order valence-electron chi connectivity index (χ4n) is 0.342. The molecule has 0 fully saturated rings. The average Bonchev–Trinajstić information content (AvgIpc) is 1.91. The van der Waals surface area contributed by atoms with Crippen molar-refractivity contribution in [2.45, 2.75) is 0 Å². The molecule has 10 heavy (non-hydrogen) atoms. The van der Waals surface area contributed by atoms with Gasteiger partial charge in [0.25, 0.3) is 0 Å². The highest BCUT2D eigenvalue weighted by Gasteiger charge is 1.78. The molecule has 1 heterocycles. The Balaban J connectivity index is 0.000000236. The van der Waals surface area contributed by atoms with Crippen LogP contribution in [0.25, 0.3) is 0 Å². The molecule has 0 saturated heterocycles. The normalized spacial score (nSPS) is 7.40. The van der Waals surface area contributed by atoms with Crippen LogP contribution >= 0.6 is 11.6 Å². The summed E-state index contributed by atoms with van der Waals surface area (Å²) in [6, 6.07) is 4.57. The molecule has 54 valence electrons. The minimum absolute atomic E-state index is 0.222. The van der Waals surface area contributed by atoms with Crippen LogP contribution in [0.1, 0.15) is 0 Å². The zero-order valence-electron chi connectivity index (χ0n) is 5.00. The molecule has 0 amide bonds. The Kier molecular flexibility index (Phi) is 5.57. The van der Waals surface area contributed by atoms with Crippen LogP contribution in [0.3, 0.4) is 0 Å². The highest BCUT2D eigenvalue weighted by atomic mass is 35.5. The lowest BCUT2D eigenvalue weighted by Crippen LogP contribution is -1.73. The molecular formula is C6H5ClFNO. The number of halogens is 2. The molecule has 0 N–H and O–H groups in total. The lowest BCUT2D eigenvalue weighted by atomic mass is 10.5. The molecule has 0 aliphatic rings. The second kappa shape index (κ2) is 6.16. The molecule has 1 aromatic rings. The molecule has 0 aromatic carbocycles. The fourth-order valence-corrected chi connectivity index (χ4v) is 0.342. The summed E-state index contributed by atoms with van der Waals surface area (Å²) in [7, 11) is 0. The number of aromatic nitrogens is 1. The Morgan fingerprint density at radius 3 is 2.40 bits per heavy atom. The summed E-state index contributed by atoms with van der Waals surface area (Å²) in [6.45, 7) is 0. The SMILES string of the molecule is Fc1ccccn1.O=CCl. The third kappa shape index (κ3) is 5.18. The first-order valence-corrected chi connectivity index (χ1v) is 2.85. The molecule has 0 aliphatic heterocycles. The first-order chi connectivity index (χ1) is 4.81. The fraction of sp³-hybridized carbons (Fsp3) is 0. The van der Waals surface area contributed by atoms with E-state index >= 15 is 0 Å². The molecule has 2 nitrogen and oxygen atoms in total. The maximum atomic E-state index is 11.8. The van der Waals surface area contributed by atoms with Crippen molar-refractivity contribution in [3.8, 4) is 0 Å². The summed E-state index contributed by atoms with van der Waals surface area (Å²) < 4.78 is 11.8. The number of carbonyl (C=O) groups excluding carboxylic acids is 1. The highest BCUT2D eigenvalue weighted by Crippen LogP contribution is 1.85. The van der Waals surface area contributed by atoms with E-state index in [1.165, 1.54) is 12.3 Å². The van der Waals surface area contributed by atoms with Gasteiger partial charge in [0.05, 0.1) is 0 Å². The topological polar surface area (TPSA) is 30.0 Å². The highest BCUT2D eigenvalue weighted by molar-refractivity contribution is 6.54. The number of hydrogen-bond acceptors (Lipinski definition) is 2. The summed E-state index contributed by atoms with van der Waals surface area (Å²) in [6.07, 6.45) is 1.41. The monoisotopic (exact) mass is 161 g/mol. The number of nitrogens with zero attached hydrogens (tertiary/aromatic N) is 1. The number of hydrogen-bond donors (Lipinski definition) is 0. The van der Waals surface area contributed by atoms with Crippen LogP contribution in [-0.2, 0) is 4.79 Å². The van der Waals surface area contributed by atoms with E-state index in [0.717, 1.165) is 0 Å². The quantitative estimate of drug-likeness (QED) is 0.329. The van der Waals surface area contributed by atoms with E-state index in [0.29, 0.717) is 0 Å². The van der Waals surface area contributed by atoms with Crippen molar-refractivity contribution in [1.82, 2.24) is 4.98 Å². The number of pyridine rings is 1. The van der Waals surface area contributed by atoms with Gasteiger partial charge >= 0.3 is 0 Å². The molecule has 0 atom stereocenters. The van der Waals surface area contributed by atoms with Gasteiger partial charge in [0.2, 0.25) is 11.7 Å². The standard InChI is InChI=1S/C5H4FN.CHClO/c6-5-3-1-2-4-7-5;2-1-3/h1-4H;1H. The molecule has 0 unspecified atom stereocenters. The lowest BCUT2D eigenvalue weighted by molar-refractivity contribution is 0.569. The second-order valence-electron chi connectivity index (χ2n) is 1.24. The van der Waals surface area contributed by atoms with Crippen LogP contribution in [0.4, 0.5) is 4.39 Å². The minimum atomic E-state index is -0.428. The predicted octanol–water partition coefficient (Wildman–Crippen LogP) is 1.64. The maximum Gasteiger partial charge on any atom is 0.212 e. The first-order valence-electron chi connectivity index (χ1n) is 2.41. The van der Waals surface area contributed by atoms with Crippen LogP contribution in [-0.4, -0.2) is 10.7 Å². The van der Waals surface area contributed by atoms with Gasteiger partial charge in [0.1, 0.15) is 0 Å². The average molecular weight is 162 g/mol. The lowest BCUT2D eigenvalue weighted by Gasteiger charge is -1.78. The van der Waals surface area contributed by atoms with Gasteiger partial charge in [-0.2, -0.15) is 4.39 Å². The van der Waals surface area contributed by atoms with Crippen LogP contribution < -0.4 is 0 Å². The summed E-state index contributed by atoms with van der Waals surface area (Å²) in [5.41, 5.74) is 0. The molecule has 1 rings (SSSR count). The Labute approximate surface area is 62.7 Å². The molecule has 4 heteroatoms. The van der Waals surface area contributed by atoms with Crippen molar-refractivity contribution in [3.63, 3.8) is 0 Å². The van der Waals surface area contributed by atoms with Crippen LogP contribution in [0.5, 0.6) is 0 Å². The Morgan fingerprint density at radius 2 is 2.20 bits per heavy atom. The third-order valence-electron chi connectivity index (χ3n) is 0.629. The Hall–Kier alpha value is -0.960. The van der Waals surface area contributed by atoms with Crippen LogP contribution in [0.2, 0.25) is 0 Å². The van der Waals surface area contributed by atoms with Crippen molar-refractivity contribution < 1.29 is 9.18 Å². The molecular weight excluding hydrogens is 157 g/mol. The third-order valence-corrected chi connectivity index (χ3v) is 0.629. The van der Waals surface area contributed by atoms with E-state index in [2.05, 4.69) is 16.6 Å². The van der Waals surface area contributed by atoms with Gasteiger partial charge in [0, 0.05) is 6.20 Å². The summed E-state index contributed by atoms with van der Waals surface area (Å²) >= 11 is 4.32. The number of carbonyl (C=O) groups is 1. The zero-order chi connectivity index (χ0) is 7.82. The van der Waals surface area contributed by atoms with E-state index in [1.54, 1.807) is 12.1 Å². The van der Waals surface area contributed by atoms with Crippen molar-refractivity contribution in [1.29, 1.82) is 0 Å². The van der Waals surface area contributed by atoms with Crippen molar-refractivity contribution >= 4 is 17.3 Å². The van der Waals surface area contributed by atoms with Gasteiger partial charge in [-0.05, 0) is 23.7 Å². The van der Waals surface area contributed by atoms with Crippen LogP contribution in [0, 0.1) is 5.95 Å². The molecule has 1 aromatic heterocycles. The summed E-state index contributed by atoms with van der Waals surface area (Å²) in [5, 5.41) is 0. The van der Waals surface area contributed by atoms with Crippen molar-refractivity contribution in [3.05, 3.63) is 30.3 Å². The summed E-state index contributed by atoms with van der Waals surface area (Å²) in [4.78, 5) is 11.9. The van der Waals surface area contributed by atoms with E-state index in [9.17, 15) is 4.39 Å². The molecule has 0 radical (unpaired) electrons.